The lowest BCUT2D eigenvalue weighted by Gasteiger charge is -2.13. The summed E-state index contributed by atoms with van der Waals surface area (Å²) >= 11 is 0. The van der Waals surface area contributed by atoms with Gasteiger partial charge in [0.15, 0.2) is 0 Å². The maximum atomic E-state index is 10.6. The summed E-state index contributed by atoms with van der Waals surface area (Å²) in [5.74, 6) is 2.48. The van der Waals surface area contributed by atoms with Gasteiger partial charge in [0.05, 0.1) is 32.2 Å². The second kappa shape index (κ2) is 14.6. The fraction of sp³-hybridized carbons (Fsp3) is 0.385. The van der Waals surface area contributed by atoms with E-state index in [0.717, 1.165) is 54.1 Å². The van der Waals surface area contributed by atoms with Gasteiger partial charge in [-0.15, -0.1) is 0 Å². The molecule has 3 aromatic rings. The van der Waals surface area contributed by atoms with Gasteiger partial charge in [0.1, 0.15) is 17.3 Å². The molecule has 0 aliphatic heterocycles. The largest absolute Gasteiger partial charge is 0.497 e. The van der Waals surface area contributed by atoms with Crippen LogP contribution in [0.15, 0.2) is 65.3 Å². The fourth-order valence-corrected chi connectivity index (χ4v) is 3.93. The highest BCUT2D eigenvalue weighted by molar-refractivity contribution is 7.32. The van der Waals surface area contributed by atoms with Crippen molar-refractivity contribution in [3.63, 3.8) is 0 Å². The number of aryl methyl sites for hydroxylation is 1. The van der Waals surface area contributed by atoms with Crippen molar-refractivity contribution in [2.24, 2.45) is 0 Å². The van der Waals surface area contributed by atoms with Gasteiger partial charge >= 0.3 is 8.25 Å². The van der Waals surface area contributed by atoms with Crippen LogP contribution in [-0.4, -0.2) is 31.8 Å². The topological polar surface area (TPSA) is 90.2 Å². The van der Waals surface area contributed by atoms with Gasteiger partial charge in [0.25, 0.3) is 0 Å². The van der Waals surface area contributed by atoms with E-state index in [1.807, 2.05) is 36.4 Å². The van der Waals surface area contributed by atoms with Gasteiger partial charge in [0, 0.05) is 6.54 Å². The smallest absolute Gasteiger partial charge is 0.316 e. The number of unbranched alkanes of at least 4 members (excludes halogenated alkanes) is 2. The van der Waals surface area contributed by atoms with E-state index in [0.29, 0.717) is 26.1 Å². The SMILES string of the molecule is COc1ccc(CCCCCOc2ccc(CNCCCO[PH](=O)O)cc2-c2ccco2)cc1. The third-order valence-corrected chi connectivity index (χ3v) is 5.86. The second-order valence-electron chi connectivity index (χ2n) is 7.96. The molecule has 0 bridgehead atoms. The summed E-state index contributed by atoms with van der Waals surface area (Å²) in [4.78, 5) is 8.68. The molecular formula is C26H34NO6P. The predicted molar refractivity (Wildman–Crippen MR) is 134 cm³/mol. The molecule has 1 aromatic heterocycles. The van der Waals surface area contributed by atoms with Gasteiger partial charge in [0.2, 0.25) is 0 Å². The highest BCUT2D eigenvalue weighted by atomic mass is 31.1. The van der Waals surface area contributed by atoms with Crippen LogP contribution >= 0.6 is 8.25 Å². The quantitative estimate of drug-likeness (QED) is 0.200. The molecule has 8 heteroatoms. The first-order chi connectivity index (χ1) is 16.7. The number of nitrogens with one attached hydrogen (secondary N) is 1. The van der Waals surface area contributed by atoms with Gasteiger partial charge in [-0.2, -0.15) is 0 Å². The van der Waals surface area contributed by atoms with E-state index >= 15 is 0 Å². The Morgan fingerprint density at radius 3 is 2.53 bits per heavy atom. The number of furan rings is 1. The molecule has 0 saturated heterocycles. The molecule has 184 valence electrons. The lowest BCUT2D eigenvalue weighted by Crippen LogP contribution is -2.16. The summed E-state index contributed by atoms with van der Waals surface area (Å²) in [6.07, 6.45) is 6.58. The molecule has 3 rings (SSSR count). The molecule has 2 N–H and O–H groups in total. The molecule has 0 spiro atoms. The number of rotatable bonds is 16. The molecule has 7 nitrogen and oxygen atoms in total. The zero-order valence-electron chi connectivity index (χ0n) is 19.6. The first kappa shape index (κ1) is 26.0. The third kappa shape index (κ3) is 8.99. The summed E-state index contributed by atoms with van der Waals surface area (Å²) in [5, 5.41) is 3.32. The average molecular weight is 488 g/mol. The summed E-state index contributed by atoms with van der Waals surface area (Å²) < 4.78 is 32.2. The Hall–Kier alpha value is -2.57. The Morgan fingerprint density at radius 1 is 0.971 bits per heavy atom. The van der Waals surface area contributed by atoms with Crippen molar-refractivity contribution in [3.8, 4) is 22.8 Å². The number of hydrogen-bond acceptors (Lipinski definition) is 6. The zero-order chi connectivity index (χ0) is 24.0. The lowest BCUT2D eigenvalue weighted by atomic mass is 10.1. The van der Waals surface area contributed by atoms with Crippen LogP contribution in [0.4, 0.5) is 0 Å². The number of hydrogen-bond donors (Lipinski definition) is 2. The molecular weight excluding hydrogens is 453 g/mol. The van der Waals surface area contributed by atoms with Crippen molar-refractivity contribution >= 4 is 8.25 Å². The third-order valence-electron chi connectivity index (χ3n) is 5.41. The Bertz CT molecular complexity index is 991. The summed E-state index contributed by atoms with van der Waals surface area (Å²) in [6.45, 7) is 2.29. The van der Waals surface area contributed by atoms with Crippen molar-refractivity contribution in [1.29, 1.82) is 0 Å². The van der Waals surface area contributed by atoms with Crippen molar-refractivity contribution < 1.29 is 27.9 Å². The summed E-state index contributed by atoms with van der Waals surface area (Å²) in [7, 11) is -1.16. The highest BCUT2D eigenvalue weighted by Gasteiger charge is 2.10. The molecule has 0 radical (unpaired) electrons. The zero-order valence-corrected chi connectivity index (χ0v) is 20.6. The number of methoxy groups -OCH3 is 1. The number of benzene rings is 2. The Labute approximate surface area is 202 Å². The number of ether oxygens (including phenoxy) is 2. The van der Waals surface area contributed by atoms with Crippen molar-refractivity contribution in [2.75, 3.05) is 26.9 Å². The van der Waals surface area contributed by atoms with E-state index in [1.165, 1.54) is 5.56 Å². The molecule has 34 heavy (non-hydrogen) atoms. The van der Waals surface area contributed by atoms with Crippen LogP contribution in [0.5, 0.6) is 11.5 Å². The van der Waals surface area contributed by atoms with Gasteiger partial charge in [-0.3, -0.25) is 4.57 Å². The Balaban J connectivity index is 1.44. The normalized spacial score (nSPS) is 11.9. The van der Waals surface area contributed by atoms with Crippen molar-refractivity contribution in [2.45, 2.75) is 38.6 Å². The Morgan fingerprint density at radius 2 is 1.79 bits per heavy atom. The van der Waals surface area contributed by atoms with Crippen molar-refractivity contribution in [1.82, 2.24) is 5.32 Å². The van der Waals surface area contributed by atoms with Crippen LogP contribution in [-0.2, 0) is 22.1 Å². The summed E-state index contributed by atoms with van der Waals surface area (Å²) in [5.41, 5.74) is 3.36. The average Bonchev–Trinajstić information content (AvgIpc) is 3.39. The molecule has 2 aromatic carbocycles. The molecule has 0 amide bonds. The standard InChI is InChI=1S/C26H34NO6P/c1-30-23-12-9-21(10-13-23)7-3-2-4-16-31-26-14-11-22(19-24(26)25-8-5-17-32-25)20-27-15-6-18-33-34(28)29/h5,8-14,17,19,27,34H,2-4,6-7,15-16,18,20H2,1H3,(H,28,29). The van der Waals surface area contributed by atoms with Gasteiger partial charge in [-0.1, -0.05) is 18.2 Å². The minimum Gasteiger partial charge on any atom is -0.497 e. The van der Waals surface area contributed by atoms with Crippen LogP contribution in [0.25, 0.3) is 11.3 Å². The van der Waals surface area contributed by atoms with E-state index in [9.17, 15) is 4.57 Å². The van der Waals surface area contributed by atoms with Crippen LogP contribution in [0.3, 0.4) is 0 Å². The first-order valence-electron chi connectivity index (χ1n) is 11.6. The second-order valence-corrected chi connectivity index (χ2v) is 8.78. The molecule has 0 saturated carbocycles. The van der Waals surface area contributed by atoms with Gasteiger partial charge in [-0.25, -0.2) is 0 Å². The maximum Gasteiger partial charge on any atom is 0.316 e. The predicted octanol–water partition coefficient (Wildman–Crippen LogP) is 5.63. The molecule has 1 unspecified atom stereocenters. The van der Waals surface area contributed by atoms with Crippen molar-refractivity contribution in [3.05, 3.63) is 72.0 Å². The molecule has 0 fully saturated rings. The maximum absolute atomic E-state index is 10.6. The first-order valence-corrected chi connectivity index (χ1v) is 12.9. The van der Waals surface area contributed by atoms with E-state index in [4.69, 9.17) is 23.3 Å². The van der Waals surface area contributed by atoms with Gasteiger partial charge < -0.3 is 28.6 Å². The van der Waals surface area contributed by atoms with Crippen LogP contribution in [0.1, 0.15) is 36.8 Å². The van der Waals surface area contributed by atoms with E-state index in [-0.39, 0.29) is 6.61 Å². The Kier molecular flexibility index (Phi) is 11.2. The summed E-state index contributed by atoms with van der Waals surface area (Å²) in [6, 6.07) is 18.2. The van der Waals surface area contributed by atoms with Crippen LogP contribution in [0, 0.1) is 0 Å². The minimum atomic E-state index is -2.84. The monoisotopic (exact) mass is 487 g/mol. The van der Waals surface area contributed by atoms with E-state index in [1.54, 1.807) is 13.4 Å². The lowest BCUT2D eigenvalue weighted by molar-refractivity contribution is 0.276. The molecule has 0 aliphatic rings. The molecule has 1 heterocycles. The highest BCUT2D eigenvalue weighted by Crippen LogP contribution is 2.32. The van der Waals surface area contributed by atoms with E-state index < -0.39 is 8.25 Å². The minimum absolute atomic E-state index is 0.270. The van der Waals surface area contributed by atoms with E-state index in [2.05, 4.69) is 23.5 Å². The fourth-order valence-electron chi connectivity index (χ4n) is 3.61. The van der Waals surface area contributed by atoms with Crippen LogP contribution < -0.4 is 14.8 Å². The molecule has 1 atom stereocenters. The molecule has 0 aliphatic carbocycles. The van der Waals surface area contributed by atoms with Gasteiger partial charge in [-0.05, 0) is 86.2 Å². The van der Waals surface area contributed by atoms with Crippen LogP contribution in [0.2, 0.25) is 0 Å².